The molecule has 1 N–H and O–H groups in total. The molecule has 0 unspecified atom stereocenters. The van der Waals surface area contributed by atoms with E-state index in [-0.39, 0.29) is 18.1 Å². The average Bonchev–Trinajstić information content (AvgIpc) is 3.09. The zero-order valence-corrected chi connectivity index (χ0v) is 14.8. The number of hydrogen-bond acceptors (Lipinski definition) is 4. The van der Waals surface area contributed by atoms with Gasteiger partial charge in [0.2, 0.25) is 5.91 Å². The van der Waals surface area contributed by atoms with Gasteiger partial charge in [0.1, 0.15) is 0 Å². The number of nitrogens with one attached hydrogen (secondary N) is 1. The van der Waals surface area contributed by atoms with Crippen LogP contribution in [0.1, 0.15) is 17.4 Å². The molecule has 2 aromatic rings. The SMILES string of the molecule is C[C@H](NC(=O)Cc1cccs1)[C@@H]1CN(Cc2ccccc2)CCO1. The van der Waals surface area contributed by atoms with Gasteiger partial charge in [-0.3, -0.25) is 9.69 Å². The second-order valence-electron chi connectivity index (χ2n) is 6.24. The predicted octanol–water partition coefficient (Wildman–Crippen LogP) is 2.70. The second kappa shape index (κ2) is 8.42. The van der Waals surface area contributed by atoms with E-state index in [1.807, 2.05) is 30.5 Å². The maximum absolute atomic E-state index is 12.2. The van der Waals surface area contributed by atoms with Crippen LogP contribution in [-0.2, 0) is 22.5 Å². The van der Waals surface area contributed by atoms with Crippen molar-refractivity contribution in [1.82, 2.24) is 10.2 Å². The van der Waals surface area contributed by atoms with E-state index in [1.54, 1.807) is 11.3 Å². The Kier molecular flexibility index (Phi) is 6.01. The Morgan fingerprint density at radius 1 is 1.33 bits per heavy atom. The molecule has 2 atom stereocenters. The number of hydrogen-bond donors (Lipinski definition) is 1. The highest BCUT2D eigenvalue weighted by Gasteiger charge is 2.26. The van der Waals surface area contributed by atoms with Crippen LogP contribution in [0.4, 0.5) is 0 Å². The highest BCUT2D eigenvalue weighted by molar-refractivity contribution is 7.10. The Bertz CT molecular complexity index is 630. The zero-order chi connectivity index (χ0) is 16.8. The summed E-state index contributed by atoms with van der Waals surface area (Å²) in [7, 11) is 0. The number of carbonyl (C=O) groups is 1. The van der Waals surface area contributed by atoms with Crippen molar-refractivity contribution in [1.29, 1.82) is 0 Å². The van der Waals surface area contributed by atoms with Crippen molar-refractivity contribution in [3.8, 4) is 0 Å². The Morgan fingerprint density at radius 2 is 2.17 bits per heavy atom. The summed E-state index contributed by atoms with van der Waals surface area (Å²) in [5, 5.41) is 5.09. The molecule has 1 aliphatic rings. The largest absolute Gasteiger partial charge is 0.373 e. The Morgan fingerprint density at radius 3 is 2.92 bits per heavy atom. The molecule has 2 heterocycles. The molecule has 1 aromatic carbocycles. The minimum Gasteiger partial charge on any atom is -0.373 e. The van der Waals surface area contributed by atoms with Crippen molar-refractivity contribution in [3.05, 3.63) is 58.3 Å². The fourth-order valence-electron chi connectivity index (χ4n) is 2.99. The van der Waals surface area contributed by atoms with Gasteiger partial charge in [-0.1, -0.05) is 36.4 Å². The molecule has 0 aliphatic carbocycles. The van der Waals surface area contributed by atoms with Crippen molar-refractivity contribution >= 4 is 17.2 Å². The van der Waals surface area contributed by atoms with E-state index in [0.29, 0.717) is 13.0 Å². The number of ether oxygens (including phenoxy) is 1. The zero-order valence-electron chi connectivity index (χ0n) is 14.0. The van der Waals surface area contributed by atoms with E-state index in [1.165, 1.54) is 5.56 Å². The maximum atomic E-state index is 12.2. The van der Waals surface area contributed by atoms with Crippen LogP contribution in [0.15, 0.2) is 47.8 Å². The summed E-state index contributed by atoms with van der Waals surface area (Å²) in [6.45, 7) is 5.44. The van der Waals surface area contributed by atoms with Gasteiger partial charge in [-0.2, -0.15) is 0 Å². The Labute approximate surface area is 147 Å². The Hall–Kier alpha value is -1.69. The first kappa shape index (κ1) is 17.1. The third kappa shape index (κ3) is 4.90. The third-order valence-corrected chi connectivity index (χ3v) is 5.16. The molecular weight excluding hydrogens is 320 g/mol. The van der Waals surface area contributed by atoms with Crippen molar-refractivity contribution in [2.45, 2.75) is 32.0 Å². The first-order valence-corrected chi connectivity index (χ1v) is 9.28. The first-order chi connectivity index (χ1) is 11.7. The van der Waals surface area contributed by atoms with Crippen molar-refractivity contribution in [2.24, 2.45) is 0 Å². The summed E-state index contributed by atoms with van der Waals surface area (Å²) in [6.07, 6.45) is 0.484. The molecule has 1 saturated heterocycles. The molecule has 5 heteroatoms. The highest BCUT2D eigenvalue weighted by atomic mass is 32.1. The van der Waals surface area contributed by atoms with Gasteiger partial charge in [-0.25, -0.2) is 0 Å². The summed E-state index contributed by atoms with van der Waals surface area (Å²) in [5.74, 6) is 0.0636. The van der Waals surface area contributed by atoms with Crippen LogP contribution in [0.5, 0.6) is 0 Å². The lowest BCUT2D eigenvalue weighted by atomic mass is 10.1. The molecular formula is C19H24N2O2S. The molecule has 0 spiro atoms. The van der Waals surface area contributed by atoms with Crippen molar-refractivity contribution in [3.63, 3.8) is 0 Å². The van der Waals surface area contributed by atoms with Gasteiger partial charge in [0, 0.05) is 24.5 Å². The lowest BCUT2D eigenvalue weighted by Gasteiger charge is -2.36. The van der Waals surface area contributed by atoms with Gasteiger partial charge < -0.3 is 10.1 Å². The van der Waals surface area contributed by atoms with Gasteiger partial charge >= 0.3 is 0 Å². The molecule has 24 heavy (non-hydrogen) atoms. The van der Waals surface area contributed by atoms with Crippen LogP contribution in [0.2, 0.25) is 0 Å². The van der Waals surface area contributed by atoms with Crippen molar-refractivity contribution < 1.29 is 9.53 Å². The first-order valence-electron chi connectivity index (χ1n) is 8.40. The van der Waals surface area contributed by atoms with E-state index in [2.05, 4.69) is 34.5 Å². The fourth-order valence-corrected chi connectivity index (χ4v) is 3.69. The van der Waals surface area contributed by atoms with Crippen LogP contribution >= 0.6 is 11.3 Å². The van der Waals surface area contributed by atoms with Gasteiger partial charge in [0.05, 0.1) is 25.2 Å². The number of benzene rings is 1. The standard InChI is InChI=1S/C19H24N2O2S/c1-15(20-19(22)12-17-8-5-11-24-17)18-14-21(9-10-23-18)13-16-6-3-2-4-7-16/h2-8,11,15,18H,9-10,12-14H2,1H3,(H,20,22)/t15-,18-/m0/s1. The van der Waals surface area contributed by atoms with E-state index >= 15 is 0 Å². The van der Waals surface area contributed by atoms with Crippen LogP contribution in [0.25, 0.3) is 0 Å². The molecule has 0 saturated carbocycles. The van der Waals surface area contributed by atoms with E-state index < -0.39 is 0 Å². The summed E-state index contributed by atoms with van der Waals surface area (Å²) in [5.41, 5.74) is 1.31. The summed E-state index contributed by atoms with van der Waals surface area (Å²) < 4.78 is 5.89. The van der Waals surface area contributed by atoms with Gasteiger partial charge in [0.15, 0.2) is 0 Å². The number of amides is 1. The summed E-state index contributed by atoms with van der Waals surface area (Å²) in [4.78, 5) is 15.6. The minimum absolute atomic E-state index is 0.0102. The topological polar surface area (TPSA) is 41.6 Å². The molecule has 4 nitrogen and oxygen atoms in total. The molecule has 1 amide bonds. The lowest BCUT2D eigenvalue weighted by Crippen LogP contribution is -2.52. The third-order valence-electron chi connectivity index (χ3n) is 4.29. The monoisotopic (exact) mass is 344 g/mol. The molecule has 3 rings (SSSR count). The smallest absolute Gasteiger partial charge is 0.225 e. The predicted molar refractivity (Wildman–Crippen MR) is 97.1 cm³/mol. The van der Waals surface area contributed by atoms with Crippen LogP contribution < -0.4 is 5.32 Å². The van der Waals surface area contributed by atoms with Gasteiger partial charge in [0.25, 0.3) is 0 Å². The number of morpholine rings is 1. The number of thiophene rings is 1. The molecule has 128 valence electrons. The fraction of sp³-hybridized carbons (Fsp3) is 0.421. The number of rotatable bonds is 6. The maximum Gasteiger partial charge on any atom is 0.225 e. The normalized spacial score (nSPS) is 19.8. The quantitative estimate of drug-likeness (QED) is 0.876. The lowest BCUT2D eigenvalue weighted by molar-refractivity contribution is -0.123. The van der Waals surface area contributed by atoms with Crippen molar-refractivity contribution in [2.75, 3.05) is 19.7 Å². The van der Waals surface area contributed by atoms with E-state index in [0.717, 1.165) is 24.5 Å². The van der Waals surface area contributed by atoms with Crippen LogP contribution in [0, 0.1) is 0 Å². The molecule has 1 fully saturated rings. The van der Waals surface area contributed by atoms with Gasteiger partial charge in [-0.15, -0.1) is 11.3 Å². The van der Waals surface area contributed by atoms with E-state index in [9.17, 15) is 4.79 Å². The van der Waals surface area contributed by atoms with Crippen LogP contribution in [-0.4, -0.2) is 42.6 Å². The number of nitrogens with zero attached hydrogens (tertiary/aromatic N) is 1. The molecule has 1 aromatic heterocycles. The molecule has 0 radical (unpaired) electrons. The number of carbonyl (C=O) groups excluding carboxylic acids is 1. The Balaban J connectivity index is 1.49. The van der Waals surface area contributed by atoms with E-state index in [4.69, 9.17) is 4.74 Å². The minimum atomic E-state index is 0.0102. The highest BCUT2D eigenvalue weighted by Crippen LogP contribution is 2.14. The van der Waals surface area contributed by atoms with Crippen LogP contribution in [0.3, 0.4) is 0 Å². The summed E-state index contributed by atoms with van der Waals surface area (Å²) >= 11 is 1.62. The molecule has 0 bridgehead atoms. The second-order valence-corrected chi connectivity index (χ2v) is 7.27. The molecule has 1 aliphatic heterocycles. The van der Waals surface area contributed by atoms with Gasteiger partial charge in [-0.05, 0) is 23.9 Å². The average molecular weight is 344 g/mol. The summed E-state index contributed by atoms with van der Waals surface area (Å²) in [6, 6.07) is 14.5.